The van der Waals surface area contributed by atoms with Crippen molar-refractivity contribution in [1.29, 1.82) is 5.26 Å². The molecule has 0 saturated carbocycles. The molecule has 2 N–H and O–H groups in total. The molecule has 184 valence electrons. The van der Waals surface area contributed by atoms with E-state index in [9.17, 15) is 10.1 Å². The number of benzene rings is 3. The minimum absolute atomic E-state index is 0.00453. The van der Waals surface area contributed by atoms with Crippen molar-refractivity contribution in [2.24, 2.45) is 0 Å². The van der Waals surface area contributed by atoms with E-state index in [2.05, 4.69) is 21.4 Å². The van der Waals surface area contributed by atoms with Gasteiger partial charge in [-0.15, -0.1) is 10.2 Å². The fraction of sp³-hybridized carbons (Fsp3) is 0.0357. The normalized spacial score (nSPS) is 10.9. The maximum atomic E-state index is 13.8. The fourth-order valence-corrected chi connectivity index (χ4v) is 4.25. The maximum Gasteiger partial charge on any atom is 0.281 e. The van der Waals surface area contributed by atoms with Crippen LogP contribution in [0.4, 0.5) is 5.69 Å². The first-order valence-corrected chi connectivity index (χ1v) is 11.5. The molecule has 0 radical (unpaired) electrons. The molecular weight excluding hydrogens is 484 g/mol. The number of aromatic nitrogens is 4. The van der Waals surface area contributed by atoms with E-state index in [1.54, 1.807) is 49.6 Å². The lowest BCUT2D eigenvalue weighted by Gasteiger charge is -2.14. The van der Waals surface area contributed by atoms with Crippen LogP contribution < -0.4 is 16.0 Å². The van der Waals surface area contributed by atoms with Gasteiger partial charge in [-0.05, 0) is 54.6 Å². The van der Waals surface area contributed by atoms with E-state index in [0.717, 1.165) is 5.56 Å². The second kappa shape index (κ2) is 9.07. The molecule has 3 aromatic heterocycles. The van der Waals surface area contributed by atoms with Gasteiger partial charge in [0.2, 0.25) is 5.89 Å². The molecule has 0 atom stereocenters. The van der Waals surface area contributed by atoms with E-state index < -0.39 is 5.56 Å². The van der Waals surface area contributed by atoms with Gasteiger partial charge < -0.3 is 19.3 Å². The molecule has 0 unspecified atom stereocenters. The standard InChI is InChI=1S/C28H18N6O4/c1-36-18-11-9-17(10-12-18)34-28(35)23-20(14-19(21(15-29)24(23)30)22-8-5-13-37-22)25(33-34)27-32-31-26(38-27)16-6-3-2-4-7-16/h2-14H,30H2,1H3. The number of nitrogens with two attached hydrogens (primary N) is 1. The number of ether oxygens (including phenoxy) is 1. The summed E-state index contributed by atoms with van der Waals surface area (Å²) in [5.41, 5.74) is 7.88. The number of anilines is 1. The van der Waals surface area contributed by atoms with Crippen LogP contribution in [0.25, 0.3) is 50.8 Å². The van der Waals surface area contributed by atoms with Crippen molar-refractivity contribution in [1.82, 2.24) is 20.0 Å². The first kappa shape index (κ1) is 22.8. The Morgan fingerprint density at radius 1 is 1.00 bits per heavy atom. The van der Waals surface area contributed by atoms with Gasteiger partial charge in [0.15, 0.2) is 5.69 Å². The molecule has 38 heavy (non-hydrogen) atoms. The number of methoxy groups -OCH3 is 1. The second-order valence-corrected chi connectivity index (χ2v) is 8.27. The third kappa shape index (κ3) is 3.66. The molecule has 10 heteroatoms. The Morgan fingerprint density at radius 3 is 2.45 bits per heavy atom. The number of nitrogens with zero attached hydrogens (tertiary/aromatic N) is 5. The molecular formula is C28H18N6O4. The molecule has 6 aromatic rings. The third-order valence-electron chi connectivity index (χ3n) is 6.09. The topological polar surface area (TPSA) is 146 Å². The predicted molar refractivity (Wildman–Crippen MR) is 139 cm³/mol. The SMILES string of the molecule is COc1ccc(-n2nc(-c3nnc(-c4ccccc4)o3)c3cc(-c4ccco4)c(C#N)c(N)c3c2=O)cc1. The van der Waals surface area contributed by atoms with Crippen molar-refractivity contribution >= 4 is 16.5 Å². The minimum atomic E-state index is -0.517. The highest BCUT2D eigenvalue weighted by atomic mass is 16.5. The number of hydrogen-bond acceptors (Lipinski definition) is 9. The number of furan rings is 1. The third-order valence-corrected chi connectivity index (χ3v) is 6.09. The Labute approximate surface area is 215 Å². The molecule has 3 aromatic carbocycles. The van der Waals surface area contributed by atoms with E-state index >= 15 is 0 Å². The smallest absolute Gasteiger partial charge is 0.281 e. The van der Waals surface area contributed by atoms with Crippen molar-refractivity contribution in [3.8, 4) is 51.9 Å². The summed E-state index contributed by atoms with van der Waals surface area (Å²) in [5.74, 6) is 1.38. The summed E-state index contributed by atoms with van der Waals surface area (Å²) in [5, 5.41) is 23.4. The largest absolute Gasteiger partial charge is 0.497 e. The number of hydrogen-bond donors (Lipinski definition) is 1. The van der Waals surface area contributed by atoms with Crippen molar-refractivity contribution in [3.63, 3.8) is 0 Å². The van der Waals surface area contributed by atoms with E-state index in [1.165, 1.54) is 10.9 Å². The molecule has 0 spiro atoms. The minimum Gasteiger partial charge on any atom is -0.497 e. The summed E-state index contributed by atoms with van der Waals surface area (Å²) in [6, 6.07) is 23.2. The van der Waals surface area contributed by atoms with Crippen molar-refractivity contribution < 1.29 is 13.6 Å². The molecule has 3 heterocycles. The van der Waals surface area contributed by atoms with E-state index in [1.807, 2.05) is 30.3 Å². The van der Waals surface area contributed by atoms with Crippen LogP contribution in [0.5, 0.6) is 5.75 Å². The summed E-state index contributed by atoms with van der Waals surface area (Å²) < 4.78 is 18.0. The number of nitrogen functional groups attached to an aromatic ring is 1. The molecule has 0 saturated heterocycles. The Hall–Kier alpha value is -5.69. The van der Waals surface area contributed by atoms with Crippen LogP contribution in [-0.4, -0.2) is 27.1 Å². The van der Waals surface area contributed by atoms with Crippen LogP contribution in [0.1, 0.15) is 5.56 Å². The molecule has 0 aliphatic heterocycles. The van der Waals surface area contributed by atoms with Crippen LogP contribution >= 0.6 is 0 Å². The fourth-order valence-electron chi connectivity index (χ4n) is 4.25. The first-order chi connectivity index (χ1) is 18.6. The maximum absolute atomic E-state index is 13.8. The summed E-state index contributed by atoms with van der Waals surface area (Å²) >= 11 is 0. The Bertz CT molecular complexity index is 1880. The van der Waals surface area contributed by atoms with Gasteiger partial charge in [0.05, 0.1) is 35.7 Å². The van der Waals surface area contributed by atoms with Gasteiger partial charge in [0.25, 0.3) is 11.4 Å². The monoisotopic (exact) mass is 502 g/mol. The zero-order valence-electron chi connectivity index (χ0n) is 20.0. The zero-order valence-corrected chi connectivity index (χ0v) is 20.0. The summed E-state index contributed by atoms with van der Waals surface area (Å²) in [4.78, 5) is 13.8. The van der Waals surface area contributed by atoms with Gasteiger partial charge in [-0.25, -0.2) is 0 Å². The van der Waals surface area contributed by atoms with E-state index in [0.29, 0.717) is 28.1 Å². The summed E-state index contributed by atoms with van der Waals surface area (Å²) in [7, 11) is 1.55. The van der Waals surface area contributed by atoms with Gasteiger partial charge in [-0.2, -0.15) is 15.0 Å². The molecule has 0 aliphatic rings. The lowest BCUT2D eigenvalue weighted by molar-refractivity contribution is 0.414. The molecule has 0 fully saturated rings. The van der Waals surface area contributed by atoms with Crippen LogP contribution in [-0.2, 0) is 0 Å². The average molecular weight is 502 g/mol. The van der Waals surface area contributed by atoms with E-state index in [-0.39, 0.29) is 34.1 Å². The Balaban J connectivity index is 1.68. The quantitative estimate of drug-likeness (QED) is 0.328. The van der Waals surface area contributed by atoms with Gasteiger partial charge in [-0.3, -0.25) is 4.79 Å². The molecule has 10 nitrogen and oxygen atoms in total. The summed E-state index contributed by atoms with van der Waals surface area (Å²) in [6.45, 7) is 0. The highest BCUT2D eigenvalue weighted by molar-refractivity contribution is 6.04. The van der Waals surface area contributed by atoms with Crippen molar-refractivity contribution in [3.05, 3.63) is 95.0 Å². The zero-order chi connectivity index (χ0) is 26.2. The lowest BCUT2D eigenvalue weighted by atomic mass is 9.97. The van der Waals surface area contributed by atoms with Gasteiger partial charge in [-0.1, -0.05) is 18.2 Å². The number of nitriles is 1. The average Bonchev–Trinajstić information content (AvgIpc) is 3.67. The highest BCUT2D eigenvalue weighted by Crippen LogP contribution is 2.37. The number of rotatable bonds is 5. The van der Waals surface area contributed by atoms with E-state index in [4.69, 9.17) is 19.3 Å². The number of fused-ring (bicyclic) bond motifs is 1. The highest BCUT2D eigenvalue weighted by Gasteiger charge is 2.24. The van der Waals surface area contributed by atoms with Crippen LogP contribution in [0, 0.1) is 11.3 Å². The molecule has 0 bridgehead atoms. The lowest BCUT2D eigenvalue weighted by Crippen LogP contribution is -2.23. The molecule has 6 rings (SSSR count). The predicted octanol–water partition coefficient (Wildman–Crippen LogP) is 4.83. The van der Waals surface area contributed by atoms with Crippen LogP contribution in [0.2, 0.25) is 0 Å². The van der Waals surface area contributed by atoms with Crippen molar-refractivity contribution in [2.45, 2.75) is 0 Å². The Kier molecular flexibility index (Phi) is 5.43. The van der Waals surface area contributed by atoms with Crippen LogP contribution in [0.3, 0.4) is 0 Å². The van der Waals surface area contributed by atoms with Gasteiger partial charge >= 0.3 is 0 Å². The van der Waals surface area contributed by atoms with Gasteiger partial charge in [0, 0.05) is 16.5 Å². The summed E-state index contributed by atoms with van der Waals surface area (Å²) in [6.07, 6.45) is 1.49. The Morgan fingerprint density at radius 2 is 1.76 bits per heavy atom. The van der Waals surface area contributed by atoms with Gasteiger partial charge in [0.1, 0.15) is 17.6 Å². The molecule has 0 aliphatic carbocycles. The first-order valence-electron chi connectivity index (χ1n) is 11.5. The second-order valence-electron chi connectivity index (χ2n) is 8.27. The van der Waals surface area contributed by atoms with Crippen molar-refractivity contribution in [2.75, 3.05) is 12.8 Å². The van der Waals surface area contributed by atoms with Crippen LogP contribution in [0.15, 0.2) is 92.7 Å². The molecule has 0 amide bonds.